The SMILES string of the molecule is COc1ccc2c(c1)c(/C=C1\Sc3ccccc3N1CCCCCC(=O)NCCN)cc[n+]2CCC[N+](C)(C)CCO. The minimum atomic E-state index is 0.0830. The molecule has 4 rings (SSSR count). The molecule has 2 heterocycles. The third-order valence-electron chi connectivity index (χ3n) is 7.79. The van der Waals surface area contributed by atoms with Gasteiger partial charge in [0.15, 0.2) is 12.7 Å². The molecule has 0 saturated heterocycles. The summed E-state index contributed by atoms with van der Waals surface area (Å²) in [6.45, 7) is 4.78. The third-order valence-corrected chi connectivity index (χ3v) is 8.91. The van der Waals surface area contributed by atoms with Gasteiger partial charge in [-0.15, -0.1) is 0 Å². The van der Waals surface area contributed by atoms with Crippen LogP contribution < -0.4 is 25.3 Å². The number of carbonyl (C=O) groups is 1. The minimum Gasteiger partial charge on any atom is -0.497 e. The van der Waals surface area contributed by atoms with Gasteiger partial charge in [-0.1, -0.05) is 30.3 Å². The lowest BCUT2D eigenvalue weighted by Gasteiger charge is -2.28. The third kappa shape index (κ3) is 8.47. The average molecular weight is 594 g/mol. The zero-order chi connectivity index (χ0) is 30.0. The second-order valence-electron chi connectivity index (χ2n) is 11.5. The summed E-state index contributed by atoms with van der Waals surface area (Å²) in [6, 6.07) is 17.1. The van der Waals surface area contributed by atoms with Crippen molar-refractivity contribution in [2.24, 2.45) is 5.73 Å². The van der Waals surface area contributed by atoms with E-state index in [1.54, 1.807) is 7.11 Å². The van der Waals surface area contributed by atoms with Crippen LogP contribution in [0.5, 0.6) is 5.75 Å². The molecule has 0 fully saturated rings. The van der Waals surface area contributed by atoms with E-state index in [9.17, 15) is 9.90 Å². The Labute approximate surface area is 254 Å². The molecular weight excluding hydrogens is 546 g/mol. The van der Waals surface area contributed by atoms with Gasteiger partial charge in [0.05, 0.1) is 56.9 Å². The quantitative estimate of drug-likeness (QED) is 0.131. The molecule has 0 saturated carbocycles. The van der Waals surface area contributed by atoms with Crippen LogP contribution in [0.25, 0.3) is 17.0 Å². The summed E-state index contributed by atoms with van der Waals surface area (Å²) in [4.78, 5) is 15.6. The van der Waals surface area contributed by atoms with Gasteiger partial charge in [0, 0.05) is 43.1 Å². The first kappa shape index (κ1) is 31.8. The first-order valence-electron chi connectivity index (χ1n) is 15.0. The molecule has 0 bridgehead atoms. The van der Waals surface area contributed by atoms with E-state index in [1.807, 2.05) is 17.8 Å². The largest absolute Gasteiger partial charge is 0.497 e. The van der Waals surface area contributed by atoms with E-state index in [0.29, 0.717) is 19.5 Å². The van der Waals surface area contributed by atoms with Gasteiger partial charge in [-0.25, -0.2) is 0 Å². The van der Waals surface area contributed by atoms with Crippen molar-refractivity contribution in [3.8, 4) is 5.75 Å². The molecule has 1 amide bonds. The van der Waals surface area contributed by atoms with E-state index >= 15 is 0 Å². The zero-order valence-electron chi connectivity index (χ0n) is 25.3. The molecule has 8 nitrogen and oxygen atoms in total. The van der Waals surface area contributed by atoms with Crippen molar-refractivity contribution in [3.05, 3.63) is 65.3 Å². The normalized spacial score (nSPS) is 14.0. The standard InChI is InChI=1S/C33H46N5O3S/c1-38(2,22-23-39)21-9-18-36-20-15-26(28-25-27(41-3)13-14-29(28)36)24-33-37(30-10-6-7-11-31(30)42-33)19-8-4-5-12-32(40)35-17-16-34/h6-7,10-11,13-15,20,24-25,39H,4-5,8-9,12,16-19,21-23,34H2,1-3H3/q+1/p+1. The van der Waals surface area contributed by atoms with Crippen LogP contribution >= 0.6 is 11.8 Å². The number of aliphatic hydroxyl groups excluding tert-OH is 1. The van der Waals surface area contributed by atoms with E-state index in [-0.39, 0.29) is 12.5 Å². The number of nitrogens with zero attached hydrogens (tertiary/aromatic N) is 3. The molecule has 1 aliphatic rings. The summed E-state index contributed by atoms with van der Waals surface area (Å²) in [5.41, 5.74) is 9.06. The molecule has 0 aliphatic carbocycles. The fourth-order valence-electron chi connectivity index (χ4n) is 5.39. The van der Waals surface area contributed by atoms with Gasteiger partial charge in [0.25, 0.3) is 0 Å². The summed E-state index contributed by atoms with van der Waals surface area (Å²) in [7, 11) is 6.05. The Morgan fingerprint density at radius 2 is 1.95 bits per heavy atom. The van der Waals surface area contributed by atoms with Crippen molar-refractivity contribution in [1.82, 2.24) is 5.32 Å². The molecule has 4 N–H and O–H groups in total. The number of aryl methyl sites for hydroxylation is 1. The molecular formula is C33H47N5O3S+2. The van der Waals surface area contributed by atoms with Crippen LogP contribution in [0.4, 0.5) is 5.69 Å². The van der Waals surface area contributed by atoms with Gasteiger partial charge in [0.1, 0.15) is 12.3 Å². The fourth-order valence-corrected chi connectivity index (χ4v) is 6.53. The first-order valence-corrected chi connectivity index (χ1v) is 15.8. The zero-order valence-corrected chi connectivity index (χ0v) is 26.2. The molecule has 0 unspecified atom stereocenters. The Balaban J connectivity index is 1.54. The van der Waals surface area contributed by atoms with Crippen LogP contribution in [0.15, 0.2) is 64.7 Å². The summed E-state index contributed by atoms with van der Waals surface area (Å²) < 4.78 is 8.75. The number of aromatic nitrogens is 1. The Hall–Kier alpha value is -3.11. The van der Waals surface area contributed by atoms with E-state index in [0.717, 1.165) is 73.0 Å². The van der Waals surface area contributed by atoms with Gasteiger partial charge >= 0.3 is 0 Å². The van der Waals surface area contributed by atoms with E-state index in [4.69, 9.17) is 10.5 Å². The summed E-state index contributed by atoms with van der Waals surface area (Å²) in [6.07, 6.45) is 8.93. The molecule has 1 aliphatic heterocycles. The van der Waals surface area contributed by atoms with Crippen molar-refractivity contribution in [2.45, 2.75) is 43.5 Å². The number of rotatable bonds is 16. The van der Waals surface area contributed by atoms with Crippen molar-refractivity contribution in [1.29, 1.82) is 0 Å². The number of aliphatic hydroxyl groups is 1. The minimum absolute atomic E-state index is 0.0830. The number of hydrogen-bond donors (Lipinski definition) is 3. The topological polar surface area (TPSA) is 91.7 Å². The number of methoxy groups -OCH3 is 1. The van der Waals surface area contributed by atoms with Crippen LogP contribution in [-0.4, -0.2) is 76.0 Å². The van der Waals surface area contributed by atoms with Gasteiger partial charge in [-0.05, 0) is 48.7 Å². The molecule has 1 aromatic heterocycles. The van der Waals surface area contributed by atoms with E-state index in [2.05, 4.69) is 83.6 Å². The number of likely N-dealkylation sites (N-methyl/N-ethyl adjacent to an activating group) is 1. The maximum absolute atomic E-state index is 11.9. The summed E-state index contributed by atoms with van der Waals surface area (Å²) in [5.74, 6) is 0.926. The number of thioether (sulfide) groups is 1. The van der Waals surface area contributed by atoms with Gasteiger partial charge in [-0.2, -0.15) is 4.57 Å². The lowest BCUT2D eigenvalue weighted by Crippen LogP contribution is -2.45. The molecule has 0 atom stereocenters. The number of carbonyl (C=O) groups excluding carboxylic acids is 1. The highest BCUT2D eigenvalue weighted by atomic mass is 32.2. The fraction of sp³-hybridized carbons (Fsp3) is 0.455. The maximum Gasteiger partial charge on any atom is 0.220 e. The Morgan fingerprint density at radius 3 is 2.74 bits per heavy atom. The Bertz CT molecular complexity index is 1380. The van der Waals surface area contributed by atoms with Crippen LogP contribution in [0.3, 0.4) is 0 Å². The molecule has 3 aromatic rings. The number of hydrogen-bond acceptors (Lipinski definition) is 6. The van der Waals surface area contributed by atoms with Crippen LogP contribution in [0.1, 0.15) is 37.7 Å². The number of nitrogens with one attached hydrogen (secondary N) is 1. The summed E-state index contributed by atoms with van der Waals surface area (Å²) in [5, 5.41) is 14.6. The van der Waals surface area contributed by atoms with E-state index < -0.39 is 0 Å². The first-order chi connectivity index (χ1) is 20.3. The second-order valence-corrected chi connectivity index (χ2v) is 12.5. The average Bonchev–Trinajstić information content (AvgIpc) is 3.33. The number of pyridine rings is 1. The van der Waals surface area contributed by atoms with Gasteiger partial charge in [-0.3, -0.25) is 4.79 Å². The number of quaternary nitrogens is 1. The smallest absolute Gasteiger partial charge is 0.220 e. The molecule has 0 spiro atoms. The van der Waals surface area contributed by atoms with Gasteiger partial charge < -0.3 is 30.3 Å². The molecule has 0 radical (unpaired) electrons. The highest BCUT2D eigenvalue weighted by Crippen LogP contribution is 2.47. The molecule has 9 heteroatoms. The highest BCUT2D eigenvalue weighted by Gasteiger charge is 2.25. The monoisotopic (exact) mass is 593 g/mol. The van der Waals surface area contributed by atoms with Crippen LogP contribution in [0, 0.1) is 0 Å². The molecule has 42 heavy (non-hydrogen) atoms. The van der Waals surface area contributed by atoms with Gasteiger partial charge in [0.2, 0.25) is 11.4 Å². The van der Waals surface area contributed by atoms with Crippen molar-refractivity contribution in [2.75, 3.05) is 65.4 Å². The van der Waals surface area contributed by atoms with Crippen molar-refractivity contribution >= 4 is 40.3 Å². The van der Waals surface area contributed by atoms with Crippen molar-refractivity contribution in [3.63, 3.8) is 0 Å². The predicted molar refractivity (Wildman–Crippen MR) is 172 cm³/mol. The number of ether oxygens (including phenoxy) is 1. The number of nitrogens with two attached hydrogens (primary N) is 1. The Morgan fingerprint density at radius 1 is 1.12 bits per heavy atom. The summed E-state index contributed by atoms with van der Waals surface area (Å²) >= 11 is 1.81. The Kier molecular flexibility index (Phi) is 11.7. The number of para-hydroxylation sites is 1. The number of amides is 1. The van der Waals surface area contributed by atoms with Crippen LogP contribution in [-0.2, 0) is 11.3 Å². The molecule has 226 valence electrons. The number of unbranched alkanes of at least 4 members (excludes halogenated alkanes) is 2. The second kappa shape index (κ2) is 15.4. The highest BCUT2D eigenvalue weighted by molar-refractivity contribution is 8.03. The lowest BCUT2D eigenvalue weighted by molar-refractivity contribution is -0.892. The number of fused-ring (bicyclic) bond motifs is 2. The van der Waals surface area contributed by atoms with Crippen LogP contribution in [0.2, 0.25) is 0 Å². The lowest BCUT2D eigenvalue weighted by atomic mass is 10.1. The van der Waals surface area contributed by atoms with E-state index in [1.165, 1.54) is 21.1 Å². The maximum atomic E-state index is 11.9. The number of anilines is 1. The predicted octanol–water partition coefficient (Wildman–Crippen LogP) is 4.14. The van der Waals surface area contributed by atoms with Crippen molar-refractivity contribution < 1.29 is 23.7 Å². The molecule has 2 aromatic carbocycles. The number of benzene rings is 2.